The lowest BCUT2D eigenvalue weighted by Crippen LogP contribution is -2.42. The summed E-state index contributed by atoms with van der Waals surface area (Å²) in [5.41, 5.74) is 0.844. The first-order valence-electron chi connectivity index (χ1n) is 7.51. The van der Waals surface area contributed by atoms with Gasteiger partial charge in [0.05, 0.1) is 13.2 Å². The highest BCUT2D eigenvalue weighted by molar-refractivity contribution is 5.43. The largest absolute Gasteiger partial charge is 0.493 e. The summed E-state index contributed by atoms with van der Waals surface area (Å²) < 4.78 is 34.4. The Morgan fingerprint density at radius 3 is 2.64 bits per heavy atom. The lowest BCUT2D eigenvalue weighted by Gasteiger charge is -2.35. The van der Waals surface area contributed by atoms with Crippen molar-refractivity contribution >= 4 is 0 Å². The average molecular weight is 315 g/mol. The van der Waals surface area contributed by atoms with Crippen molar-refractivity contribution in [1.82, 2.24) is 4.90 Å². The van der Waals surface area contributed by atoms with Gasteiger partial charge in [-0.3, -0.25) is 4.90 Å². The highest BCUT2D eigenvalue weighted by Gasteiger charge is 2.26. The monoisotopic (exact) mass is 315 g/mol. The van der Waals surface area contributed by atoms with Gasteiger partial charge in [0.2, 0.25) is 0 Å². The van der Waals surface area contributed by atoms with Crippen LogP contribution in [0.2, 0.25) is 0 Å². The number of likely N-dealkylation sites (N-methyl/N-ethyl adjacent to an activating group) is 1. The number of aliphatic hydroxyl groups is 1. The molecule has 2 rings (SSSR count). The minimum absolute atomic E-state index is 0.0348. The highest BCUT2D eigenvalue weighted by atomic mass is 19.3. The SMILES string of the molecule is COc1ccc(CN(C)C2CCCCC2O)cc1OC(F)F. The molecule has 0 amide bonds. The van der Waals surface area contributed by atoms with Gasteiger partial charge < -0.3 is 14.6 Å². The molecule has 2 unspecified atom stereocenters. The minimum Gasteiger partial charge on any atom is -0.493 e. The summed E-state index contributed by atoms with van der Waals surface area (Å²) in [4.78, 5) is 2.07. The molecule has 0 heterocycles. The second kappa shape index (κ2) is 7.74. The number of hydrogen-bond acceptors (Lipinski definition) is 4. The second-order valence-electron chi connectivity index (χ2n) is 5.70. The normalized spacial score (nSPS) is 22.1. The zero-order valence-electron chi connectivity index (χ0n) is 13.0. The Bertz CT molecular complexity index is 484. The molecule has 0 radical (unpaired) electrons. The number of nitrogens with zero attached hydrogens (tertiary/aromatic N) is 1. The van der Waals surface area contributed by atoms with E-state index in [1.54, 1.807) is 12.1 Å². The van der Waals surface area contributed by atoms with Gasteiger partial charge in [0.25, 0.3) is 0 Å². The molecule has 0 spiro atoms. The zero-order chi connectivity index (χ0) is 16.1. The Kier molecular flexibility index (Phi) is 5.97. The molecule has 0 aliphatic heterocycles. The van der Waals surface area contributed by atoms with Crippen LogP contribution >= 0.6 is 0 Å². The summed E-state index contributed by atoms with van der Waals surface area (Å²) in [5.74, 6) is 0.317. The van der Waals surface area contributed by atoms with Gasteiger partial charge >= 0.3 is 6.61 Å². The molecule has 124 valence electrons. The van der Waals surface area contributed by atoms with Gasteiger partial charge in [0.1, 0.15) is 0 Å². The van der Waals surface area contributed by atoms with Crippen molar-refractivity contribution in [3.63, 3.8) is 0 Å². The quantitative estimate of drug-likeness (QED) is 0.876. The summed E-state index contributed by atoms with van der Waals surface area (Å²) in [5, 5.41) is 10.1. The van der Waals surface area contributed by atoms with E-state index in [9.17, 15) is 13.9 Å². The zero-order valence-corrected chi connectivity index (χ0v) is 13.0. The fourth-order valence-electron chi connectivity index (χ4n) is 3.02. The van der Waals surface area contributed by atoms with Crippen LogP contribution in [0, 0.1) is 0 Å². The van der Waals surface area contributed by atoms with E-state index in [0.29, 0.717) is 6.54 Å². The van der Waals surface area contributed by atoms with Gasteiger partial charge in [-0.2, -0.15) is 8.78 Å². The van der Waals surface area contributed by atoms with Crippen molar-refractivity contribution in [2.75, 3.05) is 14.2 Å². The van der Waals surface area contributed by atoms with E-state index < -0.39 is 6.61 Å². The molecule has 1 aromatic carbocycles. The molecular formula is C16H23F2NO3. The van der Waals surface area contributed by atoms with Crippen molar-refractivity contribution in [3.05, 3.63) is 23.8 Å². The van der Waals surface area contributed by atoms with Gasteiger partial charge in [-0.15, -0.1) is 0 Å². The number of hydrogen-bond donors (Lipinski definition) is 1. The number of aliphatic hydroxyl groups excluding tert-OH is 1. The van der Waals surface area contributed by atoms with Gasteiger partial charge in [0.15, 0.2) is 11.5 Å². The Balaban J connectivity index is 2.08. The van der Waals surface area contributed by atoms with Crippen LogP contribution in [0.25, 0.3) is 0 Å². The van der Waals surface area contributed by atoms with Crippen molar-refractivity contribution in [2.45, 2.75) is 51.0 Å². The number of halogens is 2. The van der Waals surface area contributed by atoms with Crippen LogP contribution in [-0.2, 0) is 6.54 Å². The molecule has 0 saturated heterocycles. The lowest BCUT2D eigenvalue weighted by molar-refractivity contribution is -0.0512. The standard InChI is InChI=1S/C16H23F2NO3/c1-19(12-5-3-4-6-13(12)20)10-11-7-8-14(21-2)15(9-11)22-16(17)18/h7-9,12-13,16,20H,3-6,10H2,1-2H3. The van der Waals surface area contributed by atoms with Crippen molar-refractivity contribution in [1.29, 1.82) is 0 Å². The first kappa shape index (κ1) is 17.0. The molecule has 4 nitrogen and oxygen atoms in total. The van der Waals surface area contributed by atoms with Crippen LogP contribution in [0.5, 0.6) is 11.5 Å². The van der Waals surface area contributed by atoms with Crippen LogP contribution in [0.3, 0.4) is 0 Å². The average Bonchev–Trinajstić information content (AvgIpc) is 2.47. The third-order valence-corrected chi connectivity index (χ3v) is 4.14. The van der Waals surface area contributed by atoms with Crippen molar-refractivity contribution in [2.24, 2.45) is 0 Å². The number of alkyl halides is 2. The maximum atomic E-state index is 12.5. The Morgan fingerprint density at radius 2 is 2.00 bits per heavy atom. The van der Waals surface area contributed by atoms with Gasteiger partial charge in [-0.1, -0.05) is 18.9 Å². The van der Waals surface area contributed by atoms with E-state index in [4.69, 9.17) is 4.74 Å². The predicted molar refractivity (Wildman–Crippen MR) is 79.4 cm³/mol. The molecule has 1 fully saturated rings. The van der Waals surface area contributed by atoms with E-state index >= 15 is 0 Å². The topological polar surface area (TPSA) is 41.9 Å². The van der Waals surface area contributed by atoms with Crippen LogP contribution in [0.4, 0.5) is 8.78 Å². The Hall–Kier alpha value is -1.40. The molecular weight excluding hydrogens is 292 g/mol. The van der Waals surface area contributed by atoms with Crippen molar-refractivity contribution in [3.8, 4) is 11.5 Å². The molecule has 0 aromatic heterocycles. The molecule has 1 saturated carbocycles. The van der Waals surface area contributed by atoms with Crippen LogP contribution in [0.15, 0.2) is 18.2 Å². The van der Waals surface area contributed by atoms with Gasteiger partial charge in [-0.05, 0) is 37.6 Å². The van der Waals surface area contributed by atoms with Crippen LogP contribution in [-0.4, -0.2) is 42.9 Å². The summed E-state index contributed by atoms with van der Waals surface area (Å²) in [7, 11) is 3.36. The molecule has 0 bridgehead atoms. The van der Waals surface area contributed by atoms with Crippen molar-refractivity contribution < 1.29 is 23.4 Å². The van der Waals surface area contributed by atoms with Gasteiger partial charge in [0, 0.05) is 12.6 Å². The first-order chi connectivity index (χ1) is 10.5. The number of methoxy groups -OCH3 is 1. The molecule has 1 N–H and O–H groups in total. The maximum absolute atomic E-state index is 12.5. The lowest BCUT2D eigenvalue weighted by atomic mass is 9.91. The van der Waals surface area contributed by atoms with Crippen LogP contribution < -0.4 is 9.47 Å². The number of rotatable bonds is 6. The Labute approximate surface area is 129 Å². The molecule has 1 aliphatic rings. The predicted octanol–water partition coefficient (Wildman–Crippen LogP) is 3.03. The number of benzene rings is 1. The summed E-state index contributed by atoms with van der Waals surface area (Å²) in [6, 6.07) is 5.12. The number of ether oxygens (including phenoxy) is 2. The second-order valence-corrected chi connectivity index (χ2v) is 5.70. The molecule has 1 aliphatic carbocycles. The third kappa shape index (κ3) is 4.30. The fourth-order valence-corrected chi connectivity index (χ4v) is 3.02. The first-order valence-corrected chi connectivity index (χ1v) is 7.51. The van der Waals surface area contributed by atoms with E-state index in [1.807, 2.05) is 13.1 Å². The fraction of sp³-hybridized carbons (Fsp3) is 0.625. The van der Waals surface area contributed by atoms with E-state index in [1.165, 1.54) is 7.11 Å². The van der Waals surface area contributed by atoms with Crippen LogP contribution in [0.1, 0.15) is 31.2 Å². The molecule has 1 aromatic rings. The smallest absolute Gasteiger partial charge is 0.387 e. The van der Waals surface area contributed by atoms with E-state index in [0.717, 1.165) is 31.2 Å². The summed E-state index contributed by atoms with van der Waals surface area (Å²) >= 11 is 0. The molecule has 6 heteroatoms. The highest BCUT2D eigenvalue weighted by Crippen LogP contribution is 2.31. The van der Waals surface area contributed by atoms with Gasteiger partial charge in [-0.25, -0.2) is 0 Å². The molecule has 2 atom stereocenters. The third-order valence-electron chi connectivity index (χ3n) is 4.14. The minimum atomic E-state index is -2.89. The summed E-state index contributed by atoms with van der Waals surface area (Å²) in [6.07, 6.45) is 3.61. The van der Waals surface area contributed by atoms with E-state index in [2.05, 4.69) is 9.64 Å². The summed E-state index contributed by atoms with van der Waals surface area (Å²) in [6.45, 7) is -2.33. The molecule has 22 heavy (non-hydrogen) atoms. The Morgan fingerprint density at radius 1 is 1.27 bits per heavy atom. The van der Waals surface area contributed by atoms with E-state index in [-0.39, 0.29) is 23.6 Å². The maximum Gasteiger partial charge on any atom is 0.387 e.